The van der Waals surface area contributed by atoms with Crippen molar-refractivity contribution in [3.8, 4) is 0 Å². The lowest BCUT2D eigenvalue weighted by Crippen LogP contribution is -2.41. The van der Waals surface area contributed by atoms with Crippen LogP contribution in [-0.2, 0) is 0 Å². The highest BCUT2D eigenvalue weighted by Crippen LogP contribution is 2.32. The van der Waals surface area contributed by atoms with Gasteiger partial charge in [0, 0.05) is 17.5 Å². The Balaban J connectivity index is 0.00000162. The van der Waals surface area contributed by atoms with E-state index in [1.807, 2.05) is 30.5 Å². The predicted octanol–water partition coefficient (Wildman–Crippen LogP) is 2.30. The van der Waals surface area contributed by atoms with Gasteiger partial charge in [-0.15, -0.1) is 24.2 Å². The molecule has 1 aliphatic carbocycles. The second-order valence-corrected chi connectivity index (χ2v) is 5.20. The van der Waals surface area contributed by atoms with E-state index in [9.17, 15) is 4.79 Å². The molecule has 1 atom stereocenters. The third kappa shape index (κ3) is 3.64. The molecule has 0 aliphatic heterocycles. The topological polar surface area (TPSA) is 55.1 Å². The molecule has 0 radical (unpaired) electrons. The minimum Gasteiger partial charge on any atom is -0.348 e. The van der Waals surface area contributed by atoms with Crippen LogP contribution >= 0.6 is 24.2 Å². The zero-order chi connectivity index (χ0) is 12.3. The number of hydrogen-bond acceptors (Lipinski definition) is 3. The van der Waals surface area contributed by atoms with Gasteiger partial charge in [-0.3, -0.25) is 4.79 Å². The van der Waals surface area contributed by atoms with Gasteiger partial charge >= 0.3 is 0 Å². The maximum Gasteiger partial charge on any atom is 0.252 e. The largest absolute Gasteiger partial charge is 0.348 e. The molecule has 1 aliphatic rings. The fourth-order valence-corrected chi connectivity index (χ4v) is 2.54. The van der Waals surface area contributed by atoms with Crippen LogP contribution in [0.3, 0.4) is 0 Å². The smallest absolute Gasteiger partial charge is 0.252 e. The van der Waals surface area contributed by atoms with Gasteiger partial charge in [0.25, 0.3) is 5.91 Å². The van der Waals surface area contributed by atoms with Gasteiger partial charge < -0.3 is 11.1 Å². The highest BCUT2D eigenvalue weighted by molar-refractivity contribution is 7.98. The summed E-state index contributed by atoms with van der Waals surface area (Å²) in [7, 11) is 0. The quantitative estimate of drug-likeness (QED) is 0.817. The van der Waals surface area contributed by atoms with Crippen LogP contribution in [0, 0.1) is 5.92 Å². The third-order valence-electron chi connectivity index (χ3n) is 3.11. The highest BCUT2D eigenvalue weighted by Gasteiger charge is 2.31. The lowest BCUT2D eigenvalue weighted by molar-refractivity contribution is 0.0930. The van der Waals surface area contributed by atoms with Crippen LogP contribution in [0.25, 0.3) is 0 Å². The Hall–Kier alpha value is -0.710. The molecule has 1 unspecified atom stereocenters. The Morgan fingerprint density at radius 3 is 2.72 bits per heavy atom. The molecule has 2 rings (SSSR count). The van der Waals surface area contributed by atoms with Crippen LogP contribution < -0.4 is 11.1 Å². The van der Waals surface area contributed by atoms with E-state index in [4.69, 9.17) is 5.73 Å². The van der Waals surface area contributed by atoms with Crippen molar-refractivity contribution in [1.82, 2.24) is 5.32 Å². The number of carbonyl (C=O) groups excluding carboxylic acids is 1. The molecule has 0 spiro atoms. The van der Waals surface area contributed by atoms with Crippen molar-refractivity contribution in [3.05, 3.63) is 29.8 Å². The molecule has 0 heterocycles. The first-order valence-corrected chi connectivity index (χ1v) is 7.12. The molecule has 100 valence electrons. The van der Waals surface area contributed by atoms with E-state index < -0.39 is 0 Å². The first-order chi connectivity index (χ1) is 8.26. The van der Waals surface area contributed by atoms with Gasteiger partial charge in [0.05, 0.1) is 5.56 Å². The molecule has 1 amide bonds. The molecule has 3 N–H and O–H groups in total. The van der Waals surface area contributed by atoms with E-state index in [1.165, 1.54) is 12.8 Å². The molecule has 0 aromatic heterocycles. The van der Waals surface area contributed by atoms with Crippen LogP contribution in [0.5, 0.6) is 0 Å². The molecule has 0 bridgehead atoms. The van der Waals surface area contributed by atoms with Gasteiger partial charge in [-0.05, 0) is 37.1 Å². The second kappa shape index (κ2) is 7.02. The summed E-state index contributed by atoms with van der Waals surface area (Å²) in [5.74, 6) is 0.586. The molecule has 5 heteroatoms. The second-order valence-electron chi connectivity index (χ2n) is 4.35. The molecule has 1 aromatic rings. The van der Waals surface area contributed by atoms with Crippen molar-refractivity contribution >= 4 is 30.1 Å². The molecular formula is C13H19ClN2OS. The molecule has 1 fully saturated rings. The normalized spacial score (nSPS) is 15.7. The molecule has 0 saturated heterocycles. The van der Waals surface area contributed by atoms with Gasteiger partial charge in [-0.25, -0.2) is 0 Å². The molecule has 1 saturated carbocycles. The summed E-state index contributed by atoms with van der Waals surface area (Å²) in [6, 6.07) is 7.81. The third-order valence-corrected chi connectivity index (χ3v) is 3.91. The van der Waals surface area contributed by atoms with E-state index in [0.717, 1.165) is 10.5 Å². The number of hydrogen-bond donors (Lipinski definition) is 2. The minimum atomic E-state index is -0.00250. The maximum absolute atomic E-state index is 12.1. The van der Waals surface area contributed by atoms with Crippen molar-refractivity contribution in [2.45, 2.75) is 23.8 Å². The minimum absolute atomic E-state index is 0. The van der Waals surface area contributed by atoms with Gasteiger partial charge in [-0.1, -0.05) is 12.1 Å². The van der Waals surface area contributed by atoms with Crippen LogP contribution in [-0.4, -0.2) is 24.7 Å². The summed E-state index contributed by atoms with van der Waals surface area (Å²) < 4.78 is 0. The maximum atomic E-state index is 12.1. The summed E-state index contributed by atoms with van der Waals surface area (Å²) in [5.41, 5.74) is 6.44. The van der Waals surface area contributed by atoms with Gasteiger partial charge in [0.2, 0.25) is 0 Å². The molecular weight excluding hydrogens is 268 g/mol. The lowest BCUT2D eigenvalue weighted by atomic mass is 10.1. The zero-order valence-electron chi connectivity index (χ0n) is 10.4. The van der Waals surface area contributed by atoms with Crippen LogP contribution in [0.1, 0.15) is 23.2 Å². The average molecular weight is 287 g/mol. The monoisotopic (exact) mass is 286 g/mol. The number of halogens is 1. The van der Waals surface area contributed by atoms with Gasteiger partial charge in [0.1, 0.15) is 0 Å². The van der Waals surface area contributed by atoms with Gasteiger partial charge in [-0.2, -0.15) is 0 Å². The Morgan fingerprint density at radius 2 is 2.17 bits per heavy atom. The van der Waals surface area contributed by atoms with Crippen molar-refractivity contribution in [2.24, 2.45) is 11.7 Å². The zero-order valence-corrected chi connectivity index (χ0v) is 12.0. The van der Waals surface area contributed by atoms with E-state index in [2.05, 4.69) is 5.32 Å². The SMILES string of the molecule is CSc1ccccc1C(=O)NC(CN)C1CC1.Cl. The fourth-order valence-electron chi connectivity index (χ4n) is 1.95. The summed E-state index contributed by atoms with van der Waals surface area (Å²) >= 11 is 1.59. The molecule has 3 nitrogen and oxygen atoms in total. The van der Waals surface area contributed by atoms with E-state index >= 15 is 0 Å². The number of amides is 1. The van der Waals surface area contributed by atoms with Crippen LogP contribution in [0.15, 0.2) is 29.2 Å². The Morgan fingerprint density at radius 1 is 1.50 bits per heavy atom. The van der Waals surface area contributed by atoms with Crippen molar-refractivity contribution in [2.75, 3.05) is 12.8 Å². The lowest BCUT2D eigenvalue weighted by Gasteiger charge is -2.17. The Bertz CT molecular complexity index is 410. The number of rotatable bonds is 5. The first kappa shape index (κ1) is 15.3. The van der Waals surface area contributed by atoms with Crippen molar-refractivity contribution in [1.29, 1.82) is 0 Å². The number of nitrogens with two attached hydrogens (primary N) is 1. The summed E-state index contributed by atoms with van der Waals surface area (Å²) in [4.78, 5) is 13.2. The summed E-state index contributed by atoms with van der Waals surface area (Å²) in [6.07, 6.45) is 4.35. The highest BCUT2D eigenvalue weighted by atomic mass is 35.5. The van der Waals surface area contributed by atoms with E-state index in [0.29, 0.717) is 12.5 Å². The Kier molecular flexibility index (Phi) is 5.99. The predicted molar refractivity (Wildman–Crippen MR) is 78.5 cm³/mol. The number of thioether (sulfide) groups is 1. The fraction of sp³-hybridized carbons (Fsp3) is 0.462. The van der Waals surface area contributed by atoms with E-state index in [-0.39, 0.29) is 24.4 Å². The Labute approximate surface area is 118 Å². The number of benzene rings is 1. The van der Waals surface area contributed by atoms with Crippen molar-refractivity contribution < 1.29 is 4.79 Å². The summed E-state index contributed by atoms with van der Waals surface area (Å²) in [5, 5.41) is 3.04. The van der Waals surface area contributed by atoms with Crippen LogP contribution in [0.2, 0.25) is 0 Å². The molecule has 1 aromatic carbocycles. The van der Waals surface area contributed by atoms with Crippen molar-refractivity contribution in [3.63, 3.8) is 0 Å². The number of carbonyl (C=O) groups is 1. The van der Waals surface area contributed by atoms with E-state index in [1.54, 1.807) is 11.8 Å². The van der Waals surface area contributed by atoms with Crippen LogP contribution in [0.4, 0.5) is 0 Å². The first-order valence-electron chi connectivity index (χ1n) is 5.90. The molecule has 18 heavy (non-hydrogen) atoms. The van der Waals surface area contributed by atoms with Gasteiger partial charge in [0.15, 0.2) is 0 Å². The standard InChI is InChI=1S/C13H18N2OS.ClH/c1-17-12-5-3-2-4-10(12)13(16)15-11(8-14)9-6-7-9;/h2-5,9,11H,6-8,14H2,1H3,(H,15,16);1H. The summed E-state index contributed by atoms with van der Waals surface area (Å²) in [6.45, 7) is 0.526. The number of nitrogens with one attached hydrogen (secondary N) is 1. The average Bonchev–Trinajstić information content (AvgIpc) is 3.19.